The van der Waals surface area contributed by atoms with Crippen LogP contribution in [0.1, 0.15) is 22.3 Å². The topological polar surface area (TPSA) is 79.4 Å². The van der Waals surface area contributed by atoms with Crippen LogP contribution in [0.15, 0.2) is 41.9 Å². The molecule has 1 saturated heterocycles. The number of hydrogen-bond acceptors (Lipinski definition) is 5. The number of sulfonamides is 1. The smallest absolute Gasteiger partial charge is 0.255 e. The number of rotatable bonds is 3. The highest BCUT2D eigenvalue weighted by Crippen LogP contribution is 2.29. The van der Waals surface area contributed by atoms with Crippen LogP contribution in [0.3, 0.4) is 0 Å². The zero-order valence-corrected chi connectivity index (χ0v) is 15.7. The maximum Gasteiger partial charge on any atom is 0.255 e. The van der Waals surface area contributed by atoms with Gasteiger partial charge < -0.3 is 5.32 Å². The minimum Gasteiger partial charge on any atom is -0.322 e. The molecule has 26 heavy (non-hydrogen) atoms. The van der Waals surface area contributed by atoms with Crippen molar-refractivity contribution in [1.82, 2.24) is 4.98 Å². The minimum absolute atomic E-state index is 0.164. The van der Waals surface area contributed by atoms with Gasteiger partial charge in [0.05, 0.1) is 27.2 Å². The Labute approximate surface area is 155 Å². The van der Waals surface area contributed by atoms with Crippen molar-refractivity contribution in [2.75, 3.05) is 21.9 Å². The SMILES string of the molecule is Cc1ccc(N2CCCS2(=O)=O)cc1NC(=O)c1ccc2ncsc2c1. The molecule has 4 rings (SSSR count). The first kappa shape index (κ1) is 17.0. The van der Waals surface area contributed by atoms with E-state index in [9.17, 15) is 13.2 Å². The van der Waals surface area contributed by atoms with E-state index in [0.717, 1.165) is 15.8 Å². The summed E-state index contributed by atoms with van der Waals surface area (Å²) in [6, 6.07) is 10.7. The van der Waals surface area contributed by atoms with Crippen molar-refractivity contribution >= 4 is 48.9 Å². The first-order valence-electron chi connectivity index (χ1n) is 8.20. The summed E-state index contributed by atoms with van der Waals surface area (Å²) in [6.07, 6.45) is 0.618. The predicted octanol–water partition coefficient (Wildman–Crippen LogP) is 3.40. The molecule has 0 spiro atoms. The van der Waals surface area contributed by atoms with Crippen LogP contribution in [0.2, 0.25) is 0 Å². The number of aryl methyl sites for hydroxylation is 1. The van der Waals surface area contributed by atoms with Crippen molar-refractivity contribution in [3.05, 3.63) is 53.0 Å². The number of nitrogens with zero attached hydrogens (tertiary/aromatic N) is 2. The van der Waals surface area contributed by atoms with Gasteiger partial charge in [-0.1, -0.05) is 6.07 Å². The molecule has 0 radical (unpaired) electrons. The van der Waals surface area contributed by atoms with Crippen LogP contribution in [-0.2, 0) is 10.0 Å². The van der Waals surface area contributed by atoms with E-state index in [1.807, 2.05) is 25.1 Å². The molecule has 1 aliphatic rings. The number of thiazole rings is 1. The molecule has 1 amide bonds. The summed E-state index contributed by atoms with van der Waals surface area (Å²) in [6.45, 7) is 2.35. The Morgan fingerprint density at radius 3 is 2.85 bits per heavy atom. The summed E-state index contributed by atoms with van der Waals surface area (Å²) >= 11 is 1.48. The highest BCUT2D eigenvalue weighted by atomic mass is 32.2. The van der Waals surface area contributed by atoms with Crippen LogP contribution in [0.5, 0.6) is 0 Å². The summed E-state index contributed by atoms with van der Waals surface area (Å²) in [5.74, 6) is -0.0675. The molecule has 1 N–H and O–H groups in total. The third-order valence-corrected chi connectivity index (χ3v) is 7.11. The molecule has 3 aromatic rings. The third kappa shape index (κ3) is 3.06. The van der Waals surface area contributed by atoms with Crippen LogP contribution in [0.25, 0.3) is 10.2 Å². The molecular weight excluding hydrogens is 370 g/mol. The maximum absolute atomic E-state index is 12.6. The Bertz CT molecular complexity index is 1110. The van der Waals surface area contributed by atoms with Crippen LogP contribution in [-0.4, -0.2) is 31.6 Å². The lowest BCUT2D eigenvalue weighted by atomic mass is 10.1. The lowest BCUT2D eigenvalue weighted by molar-refractivity contribution is 0.102. The number of amides is 1. The summed E-state index contributed by atoms with van der Waals surface area (Å²) in [7, 11) is -3.25. The molecule has 0 saturated carbocycles. The molecule has 0 bridgehead atoms. The molecule has 134 valence electrons. The van der Waals surface area contributed by atoms with E-state index in [4.69, 9.17) is 0 Å². The Kier molecular flexibility index (Phi) is 4.16. The fraction of sp³-hybridized carbons (Fsp3) is 0.222. The molecule has 0 unspecified atom stereocenters. The predicted molar refractivity (Wildman–Crippen MR) is 105 cm³/mol. The van der Waals surface area contributed by atoms with Gasteiger partial charge in [-0.2, -0.15) is 0 Å². The summed E-state index contributed by atoms with van der Waals surface area (Å²) < 4.78 is 26.6. The Morgan fingerprint density at radius 1 is 1.23 bits per heavy atom. The second-order valence-electron chi connectivity index (χ2n) is 6.23. The molecule has 1 aromatic heterocycles. The van der Waals surface area contributed by atoms with Crippen LogP contribution >= 0.6 is 11.3 Å². The van der Waals surface area contributed by atoms with Gasteiger partial charge in [0.15, 0.2) is 0 Å². The Hall–Kier alpha value is -2.45. The van der Waals surface area contributed by atoms with Gasteiger partial charge in [0.25, 0.3) is 5.91 Å². The minimum atomic E-state index is -3.25. The summed E-state index contributed by atoms with van der Waals surface area (Å²) in [5.41, 5.74) is 5.22. The van der Waals surface area contributed by atoms with E-state index in [0.29, 0.717) is 29.9 Å². The van der Waals surface area contributed by atoms with E-state index < -0.39 is 10.0 Å². The standard InChI is InChI=1S/C18H17N3O3S2/c1-12-3-5-14(21-7-2-8-26(21,23)24)10-16(12)20-18(22)13-4-6-15-17(9-13)25-11-19-15/h3-6,9-11H,2,7-8H2,1H3,(H,20,22). The molecule has 1 aliphatic heterocycles. The van der Waals surface area contributed by atoms with Gasteiger partial charge in [0, 0.05) is 17.8 Å². The Balaban J connectivity index is 1.63. The summed E-state index contributed by atoms with van der Waals surface area (Å²) in [4.78, 5) is 16.8. The van der Waals surface area contributed by atoms with Gasteiger partial charge in [-0.25, -0.2) is 13.4 Å². The molecule has 8 heteroatoms. The Morgan fingerprint density at radius 2 is 2.08 bits per heavy atom. The fourth-order valence-corrected chi connectivity index (χ4v) is 5.29. The quantitative estimate of drug-likeness (QED) is 0.747. The number of fused-ring (bicyclic) bond motifs is 1. The summed E-state index contributed by atoms with van der Waals surface area (Å²) in [5, 5.41) is 2.90. The van der Waals surface area contributed by atoms with Crippen molar-refractivity contribution in [3.8, 4) is 0 Å². The van der Waals surface area contributed by atoms with Crippen molar-refractivity contribution in [1.29, 1.82) is 0 Å². The molecule has 2 aromatic carbocycles. The first-order chi connectivity index (χ1) is 12.4. The molecule has 1 fully saturated rings. The van der Waals surface area contributed by atoms with Crippen molar-refractivity contribution < 1.29 is 13.2 Å². The van der Waals surface area contributed by atoms with Crippen LogP contribution in [0.4, 0.5) is 11.4 Å². The van der Waals surface area contributed by atoms with Gasteiger partial charge in [-0.15, -0.1) is 11.3 Å². The molecule has 6 nitrogen and oxygen atoms in total. The monoisotopic (exact) mass is 387 g/mol. The van der Waals surface area contributed by atoms with Crippen molar-refractivity contribution in [3.63, 3.8) is 0 Å². The number of benzene rings is 2. The second kappa shape index (κ2) is 6.37. The molecule has 0 aliphatic carbocycles. The average Bonchev–Trinajstić information content (AvgIpc) is 3.21. The van der Waals surface area contributed by atoms with Gasteiger partial charge in [-0.3, -0.25) is 9.10 Å². The highest BCUT2D eigenvalue weighted by Gasteiger charge is 2.28. The van der Waals surface area contributed by atoms with E-state index in [-0.39, 0.29) is 11.7 Å². The van der Waals surface area contributed by atoms with Crippen molar-refractivity contribution in [2.24, 2.45) is 0 Å². The third-order valence-electron chi connectivity index (χ3n) is 4.45. The van der Waals surface area contributed by atoms with E-state index in [1.54, 1.807) is 23.7 Å². The lowest BCUT2D eigenvalue weighted by Gasteiger charge is -2.19. The largest absolute Gasteiger partial charge is 0.322 e. The second-order valence-corrected chi connectivity index (χ2v) is 9.13. The van der Waals surface area contributed by atoms with Crippen LogP contribution in [0, 0.1) is 6.92 Å². The van der Waals surface area contributed by atoms with Gasteiger partial charge in [0.1, 0.15) is 0 Å². The molecule has 2 heterocycles. The average molecular weight is 387 g/mol. The number of carbonyl (C=O) groups excluding carboxylic acids is 1. The van der Waals surface area contributed by atoms with Gasteiger partial charge in [0.2, 0.25) is 10.0 Å². The van der Waals surface area contributed by atoms with E-state index in [1.165, 1.54) is 15.6 Å². The number of nitrogens with one attached hydrogen (secondary N) is 1. The normalized spacial score (nSPS) is 16.1. The number of anilines is 2. The van der Waals surface area contributed by atoms with Crippen LogP contribution < -0.4 is 9.62 Å². The van der Waals surface area contributed by atoms with Crippen molar-refractivity contribution in [2.45, 2.75) is 13.3 Å². The number of aromatic nitrogens is 1. The number of hydrogen-bond donors (Lipinski definition) is 1. The lowest BCUT2D eigenvalue weighted by Crippen LogP contribution is -2.25. The highest BCUT2D eigenvalue weighted by molar-refractivity contribution is 7.93. The number of carbonyl (C=O) groups is 1. The zero-order chi connectivity index (χ0) is 18.3. The van der Waals surface area contributed by atoms with Gasteiger partial charge in [-0.05, 0) is 49.2 Å². The van der Waals surface area contributed by atoms with Gasteiger partial charge >= 0.3 is 0 Å². The first-order valence-corrected chi connectivity index (χ1v) is 10.7. The maximum atomic E-state index is 12.6. The fourth-order valence-electron chi connectivity index (χ4n) is 3.02. The molecular formula is C18H17N3O3S2. The van der Waals surface area contributed by atoms with E-state index in [2.05, 4.69) is 10.3 Å². The molecule has 0 atom stereocenters. The zero-order valence-electron chi connectivity index (χ0n) is 14.1. The van der Waals surface area contributed by atoms with E-state index >= 15 is 0 Å².